The fourth-order valence-corrected chi connectivity index (χ4v) is 2.18. The van der Waals surface area contributed by atoms with Crippen LogP contribution >= 0.6 is 0 Å². The van der Waals surface area contributed by atoms with Crippen LogP contribution < -0.4 is 4.90 Å². The molecule has 1 aliphatic carbocycles. The monoisotopic (exact) mass is 274 g/mol. The number of hydrogen-bond donors (Lipinski definition) is 1. The molecule has 2 rings (SSSR count). The summed E-state index contributed by atoms with van der Waals surface area (Å²) in [5.74, 6) is 3.14. The van der Waals surface area contributed by atoms with Gasteiger partial charge in [0.2, 0.25) is 0 Å². The van der Waals surface area contributed by atoms with Crippen molar-refractivity contribution in [2.45, 2.75) is 25.9 Å². The Bertz CT molecular complexity index is 545. The predicted molar refractivity (Wildman–Crippen MR) is 77.5 cm³/mol. The summed E-state index contributed by atoms with van der Waals surface area (Å²) < 4.78 is 0. The van der Waals surface area contributed by atoms with Gasteiger partial charge in [-0.15, -0.1) is 6.42 Å². The smallest absolute Gasteiger partial charge is 0.292 e. The number of nitrogens with zero attached hydrogens (tertiary/aromatic N) is 2. The Hall–Kier alpha value is -2.06. The van der Waals surface area contributed by atoms with Crippen LogP contribution in [0.3, 0.4) is 0 Å². The highest BCUT2D eigenvalue weighted by Gasteiger charge is 2.27. The third-order valence-corrected chi connectivity index (χ3v) is 3.48. The summed E-state index contributed by atoms with van der Waals surface area (Å²) in [6.45, 7) is 2.69. The van der Waals surface area contributed by atoms with E-state index in [1.165, 1.54) is 6.07 Å². The second kappa shape index (κ2) is 5.93. The lowest BCUT2D eigenvalue weighted by Gasteiger charge is -2.22. The van der Waals surface area contributed by atoms with Crippen LogP contribution in [0.1, 0.15) is 31.4 Å². The van der Waals surface area contributed by atoms with Crippen LogP contribution in [0.15, 0.2) is 18.2 Å². The minimum Gasteiger partial charge on any atom is -0.389 e. The van der Waals surface area contributed by atoms with Crippen LogP contribution in [-0.2, 0) is 0 Å². The van der Waals surface area contributed by atoms with Gasteiger partial charge in [0, 0.05) is 12.6 Å². The van der Waals surface area contributed by atoms with Crippen molar-refractivity contribution < 1.29 is 10.0 Å². The standard InChI is InChI=1S/C15H18N2O3/c1-3-8-16(10-12-4-5-12)14-7-6-13(11(2)18)9-15(14)17(19)20/h1,6-7,9,11-12,18H,4-5,8,10H2,2H3. The molecule has 1 aliphatic rings. The lowest BCUT2D eigenvalue weighted by atomic mass is 10.1. The van der Waals surface area contributed by atoms with Gasteiger partial charge in [0.05, 0.1) is 17.6 Å². The molecule has 1 atom stereocenters. The quantitative estimate of drug-likeness (QED) is 0.491. The van der Waals surface area contributed by atoms with E-state index in [0.29, 0.717) is 23.7 Å². The minimum atomic E-state index is -0.729. The number of aliphatic hydroxyl groups is 1. The molecule has 0 heterocycles. The number of rotatable bonds is 6. The molecule has 0 bridgehead atoms. The van der Waals surface area contributed by atoms with Crippen LogP contribution in [0, 0.1) is 28.4 Å². The highest BCUT2D eigenvalue weighted by atomic mass is 16.6. The second-order valence-electron chi connectivity index (χ2n) is 5.21. The van der Waals surface area contributed by atoms with Crippen molar-refractivity contribution in [3.63, 3.8) is 0 Å². The molecule has 1 unspecified atom stereocenters. The number of benzene rings is 1. The fourth-order valence-electron chi connectivity index (χ4n) is 2.18. The van der Waals surface area contributed by atoms with Crippen molar-refractivity contribution in [3.05, 3.63) is 33.9 Å². The lowest BCUT2D eigenvalue weighted by Crippen LogP contribution is -2.26. The first-order valence-corrected chi connectivity index (χ1v) is 6.67. The van der Waals surface area contributed by atoms with Gasteiger partial charge in [-0.2, -0.15) is 0 Å². The zero-order valence-corrected chi connectivity index (χ0v) is 11.5. The number of aliphatic hydroxyl groups excluding tert-OH is 1. The first-order valence-electron chi connectivity index (χ1n) is 6.67. The Labute approximate surface area is 118 Å². The Balaban J connectivity index is 2.36. The van der Waals surface area contributed by atoms with E-state index in [1.807, 2.05) is 4.90 Å². The minimum absolute atomic E-state index is 0.000648. The van der Waals surface area contributed by atoms with Crippen LogP contribution in [-0.4, -0.2) is 23.1 Å². The molecule has 0 amide bonds. The van der Waals surface area contributed by atoms with Crippen LogP contribution in [0.5, 0.6) is 0 Å². The van der Waals surface area contributed by atoms with Crippen molar-refractivity contribution in [1.29, 1.82) is 0 Å². The summed E-state index contributed by atoms with van der Waals surface area (Å²) in [7, 11) is 0. The molecule has 1 fully saturated rings. The molecule has 0 spiro atoms. The highest BCUT2D eigenvalue weighted by molar-refractivity contribution is 5.65. The van der Waals surface area contributed by atoms with Gasteiger partial charge in [-0.25, -0.2) is 0 Å². The third kappa shape index (κ3) is 3.28. The SMILES string of the molecule is C#CCN(CC1CC1)c1ccc(C(C)O)cc1[N+](=O)[O-]. The summed E-state index contributed by atoms with van der Waals surface area (Å²) in [6, 6.07) is 4.82. The molecule has 1 aromatic carbocycles. The van der Waals surface area contributed by atoms with E-state index in [2.05, 4.69) is 5.92 Å². The zero-order chi connectivity index (χ0) is 14.7. The largest absolute Gasteiger partial charge is 0.389 e. The van der Waals surface area contributed by atoms with Crippen molar-refractivity contribution in [1.82, 2.24) is 0 Å². The highest BCUT2D eigenvalue weighted by Crippen LogP contribution is 2.35. The molecule has 0 aromatic heterocycles. The summed E-state index contributed by atoms with van der Waals surface area (Å²) in [4.78, 5) is 12.7. The summed E-state index contributed by atoms with van der Waals surface area (Å²) >= 11 is 0. The van der Waals surface area contributed by atoms with E-state index in [4.69, 9.17) is 6.42 Å². The third-order valence-electron chi connectivity index (χ3n) is 3.48. The Morgan fingerprint density at radius 3 is 2.80 bits per heavy atom. The van der Waals surface area contributed by atoms with Gasteiger partial charge in [-0.1, -0.05) is 12.0 Å². The first kappa shape index (κ1) is 14.4. The van der Waals surface area contributed by atoms with Gasteiger partial charge in [0.1, 0.15) is 5.69 Å². The van der Waals surface area contributed by atoms with E-state index in [0.717, 1.165) is 19.4 Å². The predicted octanol–water partition coefficient (Wildman–Crippen LogP) is 2.50. The first-order chi connectivity index (χ1) is 9.52. The van der Waals surface area contributed by atoms with Crippen LogP contribution in [0.2, 0.25) is 0 Å². The molecular weight excluding hydrogens is 256 g/mol. The van der Waals surface area contributed by atoms with Crippen molar-refractivity contribution >= 4 is 11.4 Å². The van der Waals surface area contributed by atoms with Gasteiger partial charge in [-0.3, -0.25) is 10.1 Å². The number of hydrogen-bond acceptors (Lipinski definition) is 4. The summed E-state index contributed by atoms with van der Waals surface area (Å²) in [5, 5.41) is 20.8. The van der Waals surface area contributed by atoms with E-state index in [-0.39, 0.29) is 5.69 Å². The molecule has 1 saturated carbocycles. The van der Waals surface area contributed by atoms with Crippen LogP contribution in [0.4, 0.5) is 11.4 Å². The number of terminal acetylenes is 1. The van der Waals surface area contributed by atoms with Gasteiger partial charge in [0.15, 0.2) is 0 Å². The molecule has 20 heavy (non-hydrogen) atoms. The Morgan fingerprint density at radius 2 is 2.30 bits per heavy atom. The normalized spacial score (nSPS) is 15.4. The summed E-state index contributed by atoms with van der Waals surface area (Å²) in [5.41, 5.74) is 1.07. The maximum absolute atomic E-state index is 11.3. The molecule has 5 nitrogen and oxygen atoms in total. The fraction of sp³-hybridized carbons (Fsp3) is 0.467. The lowest BCUT2D eigenvalue weighted by molar-refractivity contribution is -0.384. The van der Waals surface area contributed by atoms with Crippen molar-refractivity contribution in [3.8, 4) is 12.3 Å². The molecule has 0 saturated heterocycles. The zero-order valence-electron chi connectivity index (χ0n) is 11.5. The molecule has 106 valence electrons. The van der Waals surface area contributed by atoms with Crippen molar-refractivity contribution in [2.24, 2.45) is 5.92 Å². The average molecular weight is 274 g/mol. The van der Waals surface area contributed by atoms with Gasteiger partial charge in [-0.05, 0) is 37.3 Å². The van der Waals surface area contributed by atoms with Gasteiger partial charge in [0.25, 0.3) is 5.69 Å². The number of anilines is 1. The van der Waals surface area contributed by atoms with E-state index < -0.39 is 11.0 Å². The molecule has 0 aliphatic heterocycles. The molecule has 5 heteroatoms. The van der Waals surface area contributed by atoms with E-state index in [9.17, 15) is 15.2 Å². The maximum atomic E-state index is 11.3. The van der Waals surface area contributed by atoms with E-state index >= 15 is 0 Å². The molecule has 1 aromatic rings. The topological polar surface area (TPSA) is 66.6 Å². The molecular formula is C15H18N2O3. The van der Waals surface area contributed by atoms with Gasteiger partial charge >= 0.3 is 0 Å². The van der Waals surface area contributed by atoms with E-state index in [1.54, 1.807) is 19.1 Å². The maximum Gasteiger partial charge on any atom is 0.292 e. The van der Waals surface area contributed by atoms with Crippen LogP contribution in [0.25, 0.3) is 0 Å². The second-order valence-corrected chi connectivity index (χ2v) is 5.21. The number of nitro groups is 1. The summed E-state index contributed by atoms with van der Waals surface area (Å²) in [6.07, 6.45) is 6.94. The average Bonchev–Trinajstić information content (AvgIpc) is 3.21. The Morgan fingerprint density at radius 1 is 1.60 bits per heavy atom. The van der Waals surface area contributed by atoms with Crippen molar-refractivity contribution in [2.75, 3.05) is 18.0 Å². The number of nitro benzene ring substituents is 1. The molecule has 1 N–H and O–H groups in total. The molecule has 0 radical (unpaired) electrons. The Kier molecular flexibility index (Phi) is 4.26. The van der Waals surface area contributed by atoms with Gasteiger partial charge < -0.3 is 10.0 Å².